The number of nitrogens with one attached hydrogen (secondary N) is 1. The van der Waals surface area contributed by atoms with Gasteiger partial charge in [0.2, 0.25) is 0 Å². The van der Waals surface area contributed by atoms with Crippen molar-refractivity contribution in [1.29, 1.82) is 0 Å². The summed E-state index contributed by atoms with van der Waals surface area (Å²) < 4.78 is 18.4. The SMILES string of the molecule is COc1ccc(C(=O)c2c[nH]c3ccc(F)cc23)cc1N. The summed E-state index contributed by atoms with van der Waals surface area (Å²) in [5.74, 6) is -0.0943. The molecule has 3 rings (SSSR count). The molecule has 0 saturated carbocycles. The van der Waals surface area contributed by atoms with E-state index in [2.05, 4.69) is 4.98 Å². The van der Waals surface area contributed by atoms with Gasteiger partial charge in [-0.25, -0.2) is 4.39 Å². The first-order valence-corrected chi connectivity index (χ1v) is 6.35. The fourth-order valence-corrected chi connectivity index (χ4v) is 2.31. The van der Waals surface area contributed by atoms with Crippen LogP contribution in [0.1, 0.15) is 15.9 Å². The summed E-state index contributed by atoms with van der Waals surface area (Å²) >= 11 is 0. The van der Waals surface area contributed by atoms with Crippen LogP contribution in [0.25, 0.3) is 10.9 Å². The molecule has 3 aromatic rings. The van der Waals surface area contributed by atoms with Gasteiger partial charge in [0.1, 0.15) is 11.6 Å². The molecule has 5 heteroatoms. The number of methoxy groups -OCH3 is 1. The maximum atomic E-state index is 13.4. The number of aromatic amines is 1. The summed E-state index contributed by atoms with van der Waals surface area (Å²) in [5.41, 5.74) is 7.75. The topological polar surface area (TPSA) is 68.1 Å². The van der Waals surface area contributed by atoms with Crippen molar-refractivity contribution in [3.05, 3.63) is 59.5 Å². The van der Waals surface area contributed by atoms with Gasteiger partial charge in [-0.1, -0.05) is 0 Å². The number of carbonyl (C=O) groups is 1. The highest BCUT2D eigenvalue weighted by Crippen LogP contribution is 2.26. The Morgan fingerprint density at radius 2 is 2.05 bits per heavy atom. The highest BCUT2D eigenvalue weighted by atomic mass is 19.1. The van der Waals surface area contributed by atoms with E-state index in [0.717, 1.165) is 0 Å². The van der Waals surface area contributed by atoms with Gasteiger partial charge in [0.05, 0.1) is 12.8 Å². The van der Waals surface area contributed by atoms with E-state index in [9.17, 15) is 9.18 Å². The van der Waals surface area contributed by atoms with Gasteiger partial charge in [-0.05, 0) is 36.4 Å². The van der Waals surface area contributed by atoms with E-state index in [-0.39, 0.29) is 11.6 Å². The first-order valence-electron chi connectivity index (χ1n) is 6.35. The summed E-state index contributed by atoms with van der Waals surface area (Å²) in [7, 11) is 1.51. The Bertz CT molecular complexity index is 839. The second kappa shape index (κ2) is 4.94. The van der Waals surface area contributed by atoms with Gasteiger partial charge in [0.25, 0.3) is 0 Å². The number of carbonyl (C=O) groups excluding carboxylic acids is 1. The molecule has 0 spiro atoms. The minimum atomic E-state index is -0.384. The van der Waals surface area contributed by atoms with Crippen LogP contribution in [0.5, 0.6) is 5.75 Å². The van der Waals surface area contributed by atoms with Crippen molar-refractivity contribution in [2.75, 3.05) is 12.8 Å². The van der Waals surface area contributed by atoms with Crippen molar-refractivity contribution in [1.82, 2.24) is 4.98 Å². The molecule has 0 radical (unpaired) electrons. The van der Waals surface area contributed by atoms with Crippen LogP contribution in [0.4, 0.5) is 10.1 Å². The third-order valence-electron chi connectivity index (χ3n) is 3.38. The Balaban J connectivity index is 2.08. The van der Waals surface area contributed by atoms with Crippen LogP contribution in [0.3, 0.4) is 0 Å². The molecule has 0 atom stereocenters. The van der Waals surface area contributed by atoms with Crippen LogP contribution in [0.2, 0.25) is 0 Å². The third-order valence-corrected chi connectivity index (χ3v) is 3.38. The predicted molar refractivity (Wildman–Crippen MR) is 79.1 cm³/mol. The lowest BCUT2D eigenvalue weighted by atomic mass is 10.0. The van der Waals surface area contributed by atoms with Crippen LogP contribution in [-0.4, -0.2) is 17.9 Å². The second-order valence-corrected chi connectivity index (χ2v) is 4.68. The smallest absolute Gasteiger partial charge is 0.195 e. The van der Waals surface area contributed by atoms with Crippen LogP contribution in [0.15, 0.2) is 42.6 Å². The number of nitrogens with two attached hydrogens (primary N) is 1. The first-order chi connectivity index (χ1) is 10.1. The number of aromatic nitrogens is 1. The maximum absolute atomic E-state index is 13.4. The molecule has 0 aliphatic carbocycles. The monoisotopic (exact) mass is 284 g/mol. The van der Waals surface area contributed by atoms with Gasteiger partial charge in [-0.15, -0.1) is 0 Å². The van der Waals surface area contributed by atoms with Crippen molar-refractivity contribution in [3.63, 3.8) is 0 Å². The van der Waals surface area contributed by atoms with E-state index >= 15 is 0 Å². The van der Waals surface area contributed by atoms with Gasteiger partial charge in [0, 0.05) is 28.2 Å². The number of rotatable bonds is 3. The fourth-order valence-electron chi connectivity index (χ4n) is 2.31. The Hall–Kier alpha value is -2.82. The minimum absolute atomic E-state index is 0.221. The summed E-state index contributed by atoms with van der Waals surface area (Å²) in [6.07, 6.45) is 1.58. The number of ketones is 1. The normalized spacial score (nSPS) is 10.8. The molecule has 1 heterocycles. The summed E-state index contributed by atoms with van der Waals surface area (Å²) in [6, 6.07) is 9.11. The Morgan fingerprint density at radius 1 is 1.24 bits per heavy atom. The number of H-pyrrole nitrogens is 1. The largest absolute Gasteiger partial charge is 0.495 e. The summed E-state index contributed by atoms with van der Waals surface area (Å²) in [6.45, 7) is 0. The van der Waals surface area contributed by atoms with Gasteiger partial charge in [0.15, 0.2) is 5.78 Å². The average molecular weight is 284 g/mol. The summed E-state index contributed by atoms with van der Waals surface area (Å²) in [4.78, 5) is 15.5. The number of hydrogen-bond acceptors (Lipinski definition) is 3. The third kappa shape index (κ3) is 2.23. The summed E-state index contributed by atoms with van der Waals surface area (Å²) in [5, 5.41) is 0.550. The zero-order valence-corrected chi connectivity index (χ0v) is 11.3. The maximum Gasteiger partial charge on any atom is 0.195 e. The first kappa shape index (κ1) is 13.2. The van der Waals surface area contributed by atoms with E-state index in [1.54, 1.807) is 30.5 Å². The van der Waals surface area contributed by atoms with Crippen molar-refractivity contribution < 1.29 is 13.9 Å². The van der Waals surface area contributed by atoms with E-state index in [4.69, 9.17) is 10.5 Å². The Kier molecular flexibility index (Phi) is 3.10. The highest BCUT2D eigenvalue weighted by Gasteiger charge is 2.16. The quantitative estimate of drug-likeness (QED) is 0.573. The molecule has 0 aliphatic rings. The van der Waals surface area contributed by atoms with Crippen molar-refractivity contribution in [2.24, 2.45) is 0 Å². The zero-order valence-electron chi connectivity index (χ0n) is 11.3. The van der Waals surface area contributed by atoms with Crippen LogP contribution >= 0.6 is 0 Å². The lowest BCUT2D eigenvalue weighted by molar-refractivity contribution is 0.104. The van der Waals surface area contributed by atoms with Crippen LogP contribution < -0.4 is 10.5 Å². The molecule has 0 unspecified atom stereocenters. The predicted octanol–water partition coefficient (Wildman–Crippen LogP) is 3.13. The fraction of sp³-hybridized carbons (Fsp3) is 0.0625. The Labute approximate surface area is 120 Å². The molecule has 0 aliphatic heterocycles. The van der Waals surface area contributed by atoms with Crippen LogP contribution in [0, 0.1) is 5.82 Å². The molecule has 21 heavy (non-hydrogen) atoms. The number of ether oxygens (including phenoxy) is 1. The standard InChI is InChI=1S/C16H13FN2O2/c1-21-15-5-2-9(6-13(15)18)16(20)12-8-19-14-4-3-10(17)7-11(12)14/h2-8,19H,18H2,1H3. The minimum Gasteiger partial charge on any atom is -0.495 e. The molecule has 1 aromatic heterocycles. The Morgan fingerprint density at radius 3 is 2.76 bits per heavy atom. The number of hydrogen-bond donors (Lipinski definition) is 2. The molecule has 3 N–H and O–H groups in total. The molecule has 106 valence electrons. The number of anilines is 1. The molecular formula is C16H13FN2O2. The number of halogens is 1. The number of fused-ring (bicyclic) bond motifs is 1. The van der Waals surface area contributed by atoms with Gasteiger partial charge < -0.3 is 15.5 Å². The molecule has 0 fully saturated rings. The van der Waals surface area contributed by atoms with E-state index in [1.165, 1.54) is 19.2 Å². The highest BCUT2D eigenvalue weighted by molar-refractivity contribution is 6.16. The van der Waals surface area contributed by atoms with Crippen molar-refractivity contribution >= 4 is 22.4 Å². The second-order valence-electron chi connectivity index (χ2n) is 4.68. The zero-order chi connectivity index (χ0) is 15.0. The van der Waals surface area contributed by atoms with Gasteiger partial charge in [-0.3, -0.25) is 4.79 Å². The van der Waals surface area contributed by atoms with E-state index in [0.29, 0.717) is 33.5 Å². The lowest BCUT2D eigenvalue weighted by Crippen LogP contribution is -2.02. The van der Waals surface area contributed by atoms with E-state index in [1.807, 2.05) is 0 Å². The van der Waals surface area contributed by atoms with Crippen LogP contribution in [-0.2, 0) is 0 Å². The molecular weight excluding hydrogens is 271 g/mol. The molecule has 2 aromatic carbocycles. The number of benzene rings is 2. The van der Waals surface area contributed by atoms with Gasteiger partial charge in [-0.2, -0.15) is 0 Å². The van der Waals surface area contributed by atoms with Crippen molar-refractivity contribution in [3.8, 4) is 5.75 Å². The van der Waals surface area contributed by atoms with Crippen molar-refractivity contribution in [2.45, 2.75) is 0 Å². The average Bonchev–Trinajstić information content (AvgIpc) is 2.89. The number of nitrogen functional groups attached to an aromatic ring is 1. The lowest BCUT2D eigenvalue weighted by Gasteiger charge is -2.06. The molecule has 0 saturated heterocycles. The molecule has 0 amide bonds. The molecule has 0 bridgehead atoms. The van der Waals surface area contributed by atoms with E-state index < -0.39 is 0 Å². The molecule has 4 nitrogen and oxygen atoms in total. The van der Waals surface area contributed by atoms with Gasteiger partial charge >= 0.3 is 0 Å².